The Hall–Kier alpha value is -2.09. The van der Waals surface area contributed by atoms with E-state index in [4.69, 9.17) is 21.1 Å². The smallest absolute Gasteiger partial charge is 0.225 e. The van der Waals surface area contributed by atoms with Crippen molar-refractivity contribution in [1.29, 1.82) is 0 Å². The van der Waals surface area contributed by atoms with Gasteiger partial charge in [0.15, 0.2) is 11.5 Å². The third-order valence-electron chi connectivity index (χ3n) is 4.77. The van der Waals surface area contributed by atoms with Crippen molar-refractivity contribution < 1.29 is 9.47 Å². The minimum Gasteiger partial charge on any atom is -0.493 e. The second-order valence-electron chi connectivity index (χ2n) is 6.34. The Bertz CT molecular complexity index is 985. The van der Waals surface area contributed by atoms with Gasteiger partial charge in [0.2, 0.25) is 5.28 Å². The topological polar surface area (TPSA) is 59.5 Å². The molecule has 1 aliphatic heterocycles. The van der Waals surface area contributed by atoms with E-state index in [1.807, 2.05) is 18.2 Å². The Kier molecular flexibility index (Phi) is 5.08. The number of ether oxygens (including phenoxy) is 2. The van der Waals surface area contributed by atoms with Gasteiger partial charge in [-0.05, 0) is 36.2 Å². The van der Waals surface area contributed by atoms with Crippen LogP contribution >= 0.6 is 22.9 Å². The number of rotatable bonds is 4. The predicted molar refractivity (Wildman–Crippen MR) is 111 cm³/mol. The molecule has 142 valence electrons. The highest BCUT2D eigenvalue weighted by atomic mass is 35.5. The van der Waals surface area contributed by atoms with Crippen LogP contribution in [-0.2, 0) is 0 Å². The van der Waals surface area contributed by atoms with Crippen LogP contribution < -0.4 is 19.7 Å². The highest BCUT2D eigenvalue weighted by Gasteiger charge is 2.23. The molecule has 3 heterocycles. The average Bonchev–Trinajstić information content (AvgIpc) is 3.02. The lowest BCUT2D eigenvalue weighted by molar-refractivity contribution is 0.355. The zero-order valence-electron chi connectivity index (χ0n) is 15.5. The van der Waals surface area contributed by atoms with Crippen molar-refractivity contribution in [2.24, 2.45) is 0 Å². The molecular weight excluding hydrogens is 384 g/mol. The van der Waals surface area contributed by atoms with Crippen LogP contribution in [0.15, 0.2) is 18.2 Å². The molecule has 0 unspecified atom stereocenters. The predicted octanol–water partition coefficient (Wildman–Crippen LogP) is 3.75. The molecule has 0 bridgehead atoms. The number of aromatic nitrogens is 2. The van der Waals surface area contributed by atoms with Gasteiger partial charge in [0, 0.05) is 36.6 Å². The molecular formula is C19H21ClN4O2S. The summed E-state index contributed by atoms with van der Waals surface area (Å²) in [5.41, 5.74) is 2.18. The van der Waals surface area contributed by atoms with Crippen LogP contribution in [0.3, 0.4) is 0 Å². The number of thiophene rings is 1. The number of benzene rings is 1. The number of anilines is 1. The van der Waals surface area contributed by atoms with Gasteiger partial charge >= 0.3 is 0 Å². The molecule has 1 aliphatic rings. The van der Waals surface area contributed by atoms with E-state index in [0.29, 0.717) is 11.5 Å². The molecule has 0 spiro atoms. The van der Waals surface area contributed by atoms with E-state index in [0.717, 1.165) is 53.3 Å². The van der Waals surface area contributed by atoms with E-state index in [2.05, 4.69) is 27.1 Å². The Morgan fingerprint density at radius 2 is 1.85 bits per heavy atom. The summed E-state index contributed by atoms with van der Waals surface area (Å²) < 4.78 is 10.9. The lowest BCUT2D eigenvalue weighted by Gasteiger charge is -2.29. The second-order valence-corrected chi connectivity index (χ2v) is 7.88. The van der Waals surface area contributed by atoms with Gasteiger partial charge in [-0.25, -0.2) is 4.98 Å². The lowest BCUT2D eigenvalue weighted by atomic mass is 10.0. The van der Waals surface area contributed by atoms with Crippen LogP contribution in [0.4, 0.5) is 5.82 Å². The number of nitrogens with zero attached hydrogens (tertiary/aromatic N) is 3. The van der Waals surface area contributed by atoms with Crippen LogP contribution in [0.5, 0.6) is 11.5 Å². The number of piperazine rings is 1. The molecule has 6 nitrogen and oxygen atoms in total. The van der Waals surface area contributed by atoms with Crippen molar-refractivity contribution in [3.8, 4) is 22.6 Å². The molecule has 1 fully saturated rings. The molecule has 1 saturated heterocycles. The maximum absolute atomic E-state index is 6.24. The second kappa shape index (κ2) is 7.50. The van der Waals surface area contributed by atoms with E-state index in [-0.39, 0.29) is 5.28 Å². The van der Waals surface area contributed by atoms with Crippen LogP contribution in [0.25, 0.3) is 21.3 Å². The van der Waals surface area contributed by atoms with Crippen molar-refractivity contribution in [2.45, 2.75) is 6.92 Å². The molecule has 0 saturated carbocycles. The number of halogens is 1. The zero-order valence-corrected chi connectivity index (χ0v) is 17.1. The maximum Gasteiger partial charge on any atom is 0.225 e. The number of methoxy groups -OCH3 is 2. The van der Waals surface area contributed by atoms with E-state index >= 15 is 0 Å². The van der Waals surface area contributed by atoms with Gasteiger partial charge in [-0.1, -0.05) is 6.07 Å². The fourth-order valence-electron chi connectivity index (χ4n) is 3.51. The molecule has 27 heavy (non-hydrogen) atoms. The van der Waals surface area contributed by atoms with Gasteiger partial charge in [0.1, 0.15) is 10.6 Å². The summed E-state index contributed by atoms with van der Waals surface area (Å²) in [6, 6.07) is 5.98. The number of hydrogen-bond acceptors (Lipinski definition) is 7. The molecule has 1 aromatic carbocycles. The first-order valence-electron chi connectivity index (χ1n) is 8.77. The maximum atomic E-state index is 6.24. The summed E-state index contributed by atoms with van der Waals surface area (Å²) in [5.74, 6) is 2.31. The zero-order chi connectivity index (χ0) is 19.0. The quantitative estimate of drug-likeness (QED) is 0.668. The van der Waals surface area contributed by atoms with Gasteiger partial charge < -0.3 is 19.7 Å². The summed E-state index contributed by atoms with van der Waals surface area (Å²) in [4.78, 5) is 13.5. The first-order chi connectivity index (χ1) is 13.1. The molecule has 4 rings (SSSR count). The SMILES string of the molecule is COc1ccc(-c2c(C)sc3nc(Cl)nc(N4CCNCC4)c23)cc1OC. The Morgan fingerprint density at radius 3 is 2.56 bits per heavy atom. The number of fused-ring (bicyclic) bond motifs is 1. The molecule has 0 atom stereocenters. The third-order valence-corrected chi connectivity index (χ3v) is 5.94. The van der Waals surface area contributed by atoms with E-state index in [1.165, 1.54) is 4.88 Å². The van der Waals surface area contributed by atoms with Crippen molar-refractivity contribution in [2.75, 3.05) is 45.3 Å². The van der Waals surface area contributed by atoms with Gasteiger partial charge in [-0.15, -0.1) is 11.3 Å². The molecule has 0 radical (unpaired) electrons. The number of nitrogens with one attached hydrogen (secondary N) is 1. The summed E-state index contributed by atoms with van der Waals surface area (Å²) in [5, 5.41) is 4.72. The fraction of sp³-hybridized carbons (Fsp3) is 0.368. The summed E-state index contributed by atoms with van der Waals surface area (Å²) in [6.07, 6.45) is 0. The highest BCUT2D eigenvalue weighted by molar-refractivity contribution is 7.19. The van der Waals surface area contributed by atoms with Crippen molar-refractivity contribution in [3.05, 3.63) is 28.4 Å². The van der Waals surface area contributed by atoms with Crippen LogP contribution in [0.1, 0.15) is 4.88 Å². The molecule has 8 heteroatoms. The molecule has 1 N–H and O–H groups in total. The Labute approximate surface area is 167 Å². The van der Waals surface area contributed by atoms with Crippen molar-refractivity contribution >= 4 is 39.0 Å². The van der Waals surface area contributed by atoms with Crippen LogP contribution in [-0.4, -0.2) is 50.4 Å². The van der Waals surface area contributed by atoms with Crippen molar-refractivity contribution in [3.63, 3.8) is 0 Å². The third kappa shape index (κ3) is 3.31. The van der Waals surface area contributed by atoms with Crippen molar-refractivity contribution in [1.82, 2.24) is 15.3 Å². The largest absolute Gasteiger partial charge is 0.493 e. The average molecular weight is 405 g/mol. The first kappa shape index (κ1) is 18.3. The van der Waals surface area contributed by atoms with Gasteiger partial charge in [-0.3, -0.25) is 0 Å². The lowest BCUT2D eigenvalue weighted by Crippen LogP contribution is -2.44. The number of aryl methyl sites for hydroxylation is 1. The first-order valence-corrected chi connectivity index (χ1v) is 9.96. The molecule has 3 aromatic rings. The van der Waals surface area contributed by atoms with Gasteiger partial charge in [0.25, 0.3) is 0 Å². The summed E-state index contributed by atoms with van der Waals surface area (Å²) in [6.45, 7) is 5.75. The minimum atomic E-state index is 0.288. The fourth-order valence-corrected chi connectivity index (χ4v) is 4.77. The van der Waals surface area contributed by atoms with Crippen LogP contribution in [0, 0.1) is 6.92 Å². The van der Waals surface area contributed by atoms with Gasteiger partial charge in [0.05, 0.1) is 19.6 Å². The van der Waals surface area contributed by atoms with E-state index in [9.17, 15) is 0 Å². The number of hydrogen-bond donors (Lipinski definition) is 1. The summed E-state index contributed by atoms with van der Waals surface area (Å²) >= 11 is 7.88. The molecule has 2 aromatic heterocycles. The van der Waals surface area contributed by atoms with E-state index < -0.39 is 0 Å². The Morgan fingerprint density at radius 1 is 1.11 bits per heavy atom. The Balaban J connectivity index is 1.94. The minimum absolute atomic E-state index is 0.288. The monoisotopic (exact) mass is 404 g/mol. The molecule has 0 aliphatic carbocycles. The standard InChI is InChI=1S/C19H21ClN4O2S/c1-11-15(12-4-5-13(25-2)14(10-12)26-3)16-17(24-8-6-21-7-9-24)22-19(20)23-18(16)27-11/h4-5,10,21H,6-9H2,1-3H3. The highest BCUT2D eigenvalue weighted by Crippen LogP contribution is 2.44. The van der Waals surface area contributed by atoms with Gasteiger partial charge in [-0.2, -0.15) is 4.98 Å². The van der Waals surface area contributed by atoms with Crippen LogP contribution in [0.2, 0.25) is 5.28 Å². The van der Waals surface area contributed by atoms with E-state index in [1.54, 1.807) is 25.6 Å². The normalized spacial score (nSPS) is 14.6. The molecule has 0 amide bonds. The summed E-state index contributed by atoms with van der Waals surface area (Å²) in [7, 11) is 3.29.